The molecule has 0 aromatic heterocycles. The molecule has 5 heteroatoms. The summed E-state index contributed by atoms with van der Waals surface area (Å²) >= 11 is 5.93. The van der Waals surface area contributed by atoms with Crippen molar-refractivity contribution >= 4 is 17.5 Å². The van der Waals surface area contributed by atoms with Crippen LogP contribution in [0.15, 0.2) is 36.4 Å². The third-order valence-electron chi connectivity index (χ3n) is 2.86. The van der Waals surface area contributed by atoms with Gasteiger partial charge in [0.15, 0.2) is 0 Å². The molecule has 1 rings (SSSR count). The van der Waals surface area contributed by atoms with Gasteiger partial charge in [0.2, 0.25) is 5.91 Å². The third kappa shape index (κ3) is 6.19. The number of amides is 1. The van der Waals surface area contributed by atoms with Crippen LogP contribution in [0.2, 0.25) is 5.02 Å². The molecule has 0 bridgehead atoms. The summed E-state index contributed by atoms with van der Waals surface area (Å²) in [4.78, 5) is 11.9. The van der Waals surface area contributed by atoms with E-state index < -0.39 is 6.10 Å². The molecule has 0 saturated carbocycles. The van der Waals surface area contributed by atoms with E-state index in [1.807, 2.05) is 30.3 Å². The number of methoxy groups -OCH3 is 1. The summed E-state index contributed by atoms with van der Waals surface area (Å²) in [6.45, 7) is 0.936. The number of hydrogen-bond donors (Lipinski definition) is 2. The summed E-state index contributed by atoms with van der Waals surface area (Å²) in [6, 6.07) is 7.61. The summed E-state index contributed by atoms with van der Waals surface area (Å²) in [5, 5.41) is 3.49. The van der Waals surface area contributed by atoms with Crippen molar-refractivity contribution in [3.05, 3.63) is 47.0 Å². The molecule has 0 aliphatic heterocycles. The van der Waals surface area contributed by atoms with E-state index in [2.05, 4.69) is 5.32 Å². The lowest BCUT2D eigenvalue weighted by atomic mass is 10.1. The molecule has 20 heavy (non-hydrogen) atoms. The van der Waals surface area contributed by atoms with Crippen LogP contribution in [0.4, 0.5) is 0 Å². The van der Waals surface area contributed by atoms with Gasteiger partial charge in [-0.3, -0.25) is 4.79 Å². The molecule has 0 aliphatic rings. The molecule has 1 aromatic carbocycles. The minimum Gasteiger partial charge on any atom is -0.372 e. The number of ether oxygens (including phenoxy) is 1. The fourth-order valence-electron chi connectivity index (χ4n) is 1.80. The van der Waals surface area contributed by atoms with E-state index in [1.54, 1.807) is 6.08 Å². The second-order valence-electron chi connectivity index (χ2n) is 4.35. The van der Waals surface area contributed by atoms with Gasteiger partial charge in [-0.1, -0.05) is 35.9 Å². The highest BCUT2D eigenvalue weighted by Crippen LogP contribution is 2.13. The van der Waals surface area contributed by atoms with E-state index in [-0.39, 0.29) is 5.91 Å². The zero-order valence-corrected chi connectivity index (χ0v) is 12.4. The van der Waals surface area contributed by atoms with Crippen molar-refractivity contribution in [1.82, 2.24) is 5.32 Å². The highest BCUT2D eigenvalue weighted by Gasteiger charge is 2.16. The molecule has 1 atom stereocenters. The zero-order chi connectivity index (χ0) is 14.8. The number of nitrogens with two attached hydrogens (primary N) is 1. The van der Waals surface area contributed by atoms with Crippen molar-refractivity contribution in [2.45, 2.75) is 18.9 Å². The SMILES string of the molecule is COC(CCc1cccc(Cl)c1)C(=O)NCC=CCN. The maximum Gasteiger partial charge on any atom is 0.249 e. The van der Waals surface area contributed by atoms with Crippen LogP contribution in [-0.2, 0) is 16.0 Å². The predicted molar refractivity (Wildman–Crippen MR) is 81.8 cm³/mol. The predicted octanol–water partition coefficient (Wildman–Crippen LogP) is 1.92. The first-order chi connectivity index (χ1) is 9.67. The van der Waals surface area contributed by atoms with E-state index in [1.165, 1.54) is 7.11 Å². The maximum atomic E-state index is 11.9. The molecule has 110 valence electrons. The van der Waals surface area contributed by atoms with Crippen molar-refractivity contribution in [1.29, 1.82) is 0 Å². The van der Waals surface area contributed by atoms with Gasteiger partial charge in [-0.25, -0.2) is 0 Å². The lowest BCUT2D eigenvalue weighted by Crippen LogP contribution is -2.36. The molecular formula is C15H21ClN2O2. The minimum atomic E-state index is -0.458. The number of nitrogens with one attached hydrogen (secondary N) is 1. The van der Waals surface area contributed by atoms with E-state index in [4.69, 9.17) is 22.1 Å². The Labute approximate surface area is 124 Å². The Balaban J connectivity index is 2.42. The van der Waals surface area contributed by atoms with Crippen LogP contribution in [0.1, 0.15) is 12.0 Å². The molecule has 4 nitrogen and oxygen atoms in total. The van der Waals surface area contributed by atoms with Gasteiger partial charge in [0, 0.05) is 25.2 Å². The van der Waals surface area contributed by atoms with Crippen molar-refractivity contribution in [2.75, 3.05) is 20.2 Å². The number of carbonyl (C=O) groups is 1. The van der Waals surface area contributed by atoms with Crippen LogP contribution in [0.25, 0.3) is 0 Å². The molecule has 0 saturated heterocycles. The van der Waals surface area contributed by atoms with E-state index in [0.717, 1.165) is 12.0 Å². The van der Waals surface area contributed by atoms with Crippen LogP contribution < -0.4 is 11.1 Å². The van der Waals surface area contributed by atoms with Crippen molar-refractivity contribution < 1.29 is 9.53 Å². The third-order valence-corrected chi connectivity index (χ3v) is 3.09. The second-order valence-corrected chi connectivity index (χ2v) is 4.78. The summed E-state index contributed by atoms with van der Waals surface area (Å²) in [7, 11) is 1.54. The Kier molecular flexibility index (Phi) is 7.95. The van der Waals surface area contributed by atoms with Gasteiger partial charge in [0.1, 0.15) is 6.10 Å². The lowest BCUT2D eigenvalue weighted by molar-refractivity contribution is -0.131. The van der Waals surface area contributed by atoms with Gasteiger partial charge >= 0.3 is 0 Å². The molecule has 0 radical (unpaired) electrons. The van der Waals surface area contributed by atoms with Crippen molar-refractivity contribution in [2.24, 2.45) is 5.73 Å². The first-order valence-electron chi connectivity index (χ1n) is 6.57. The topological polar surface area (TPSA) is 64.3 Å². The standard InChI is InChI=1S/C15H21ClN2O2/c1-20-14(15(19)18-10-3-2-9-17)8-7-12-5-4-6-13(16)11-12/h2-6,11,14H,7-10,17H2,1H3,(H,18,19). The monoisotopic (exact) mass is 296 g/mol. The molecule has 1 amide bonds. The summed E-state index contributed by atoms with van der Waals surface area (Å²) in [5.41, 5.74) is 6.41. The number of benzene rings is 1. The molecule has 0 heterocycles. The number of halogens is 1. The van der Waals surface area contributed by atoms with Gasteiger partial charge in [-0.15, -0.1) is 0 Å². The van der Waals surface area contributed by atoms with Crippen molar-refractivity contribution in [3.8, 4) is 0 Å². The van der Waals surface area contributed by atoms with Crippen LogP contribution in [0.5, 0.6) is 0 Å². The van der Waals surface area contributed by atoms with Crippen LogP contribution in [-0.4, -0.2) is 32.2 Å². The van der Waals surface area contributed by atoms with E-state index in [0.29, 0.717) is 24.5 Å². The Morgan fingerprint density at radius 1 is 1.50 bits per heavy atom. The largest absolute Gasteiger partial charge is 0.372 e. The van der Waals surface area contributed by atoms with Gasteiger partial charge in [-0.05, 0) is 30.5 Å². The van der Waals surface area contributed by atoms with Crippen molar-refractivity contribution in [3.63, 3.8) is 0 Å². The number of aryl methyl sites for hydroxylation is 1. The second kappa shape index (κ2) is 9.53. The molecular weight excluding hydrogens is 276 g/mol. The lowest BCUT2D eigenvalue weighted by Gasteiger charge is -2.14. The van der Waals surface area contributed by atoms with Gasteiger partial charge < -0.3 is 15.8 Å². The Hall–Kier alpha value is -1.36. The number of carbonyl (C=O) groups excluding carboxylic acids is 1. The zero-order valence-electron chi connectivity index (χ0n) is 11.6. The van der Waals surface area contributed by atoms with Crippen LogP contribution in [0, 0.1) is 0 Å². The first-order valence-corrected chi connectivity index (χ1v) is 6.95. The normalized spacial score (nSPS) is 12.6. The fraction of sp³-hybridized carbons (Fsp3) is 0.400. The van der Waals surface area contributed by atoms with E-state index >= 15 is 0 Å². The first kappa shape index (κ1) is 16.7. The van der Waals surface area contributed by atoms with E-state index in [9.17, 15) is 4.79 Å². The average Bonchev–Trinajstić information content (AvgIpc) is 2.44. The van der Waals surface area contributed by atoms with Gasteiger partial charge in [-0.2, -0.15) is 0 Å². The van der Waals surface area contributed by atoms with Gasteiger partial charge in [0.05, 0.1) is 0 Å². The highest BCUT2D eigenvalue weighted by molar-refractivity contribution is 6.30. The number of hydrogen-bond acceptors (Lipinski definition) is 3. The molecule has 1 aromatic rings. The quantitative estimate of drug-likeness (QED) is 0.720. The number of rotatable bonds is 8. The smallest absolute Gasteiger partial charge is 0.249 e. The summed E-state index contributed by atoms with van der Waals surface area (Å²) in [6.07, 6.45) is 4.52. The minimum absolute atomic E-state index is 0.115. The molecule has 0 aliphatic carbocycles. The highest BCUT2D eigenvalue weighted by atomic mass is 35.5. The van der Waals surface area contributed by atoms with Gasteiger partial charge in [0.25, 0.3) is 0 Å². The Morgan fingerprint density at radius 3 is 2.95 bits per heavy atom. The summed E-state index contributed by atoms with van der Waals surface area (Å²) in [5.74, 6) is -0.115. The average molecular weight is 297 g/mol. The molecule has 3 N–H and O–H groups in total. The Morgan fingerprint density at radius 2 is 2.30 bits per heavy atom. The Bertz CT molecular complexity index is 449. The summed E-state index contributed by atoms with van der Waals surface area (Å²) < 4.78 is 5.23. The fourth-order valence-corrected chi connectivity index (χ4v) is 2.01. The molecule has 0 fully saturated rings. The van der Waals surface area contributed by atoms with Crippen LogP contribution in [0.3, 0.4) is 0 Å². The van der Waals surface area contributed by atoms with Crippen LogP contribution >= 0.6 is 11.6 Å². The maximum absolute atomic E-state index is 11.9. The molecule has 0 spiro atoms. The molecule has 1 unspecified atom stereocenters.